The molecule has 1 fully saturated rings. The SMILES string of the molecule is COC(=O)C[C@@H]1C(=O)NCCN1CCC(=O)c1ccccc1. The zero-order valence-electron chi connectivity index (χ0n) is 12.6. The normalized spacial score (nSPS) is 18.6. The van der Waals surface area contributed by atoms with Gasteiger partial charge in [-0.2, -0.15) is 0 Å². The van der Waals surface area contributed by atoms with Crippen molar-refractivity contribution in [3.63, 3.8) is 0 Å². The van der Waals surface area contributed by atoms with Crippen molar-refractivity contribution in [3.8, 4) is 0 Å². The van der Waals surface area contributed by atoms with Gasteiger partial charge in [-0.3, -0.25) is 19.3 Å². The zero-order valence-corrected chi connectivity index (χ0v) is 12.6. The van der Waals surface area contributed by atoms with Gasteiger partial charge in [0, 0.05) is 31.6 Å². The van der Waals surface area contributed by atoms with Gasteiger partial charge in [-0.15, -0.1) is 0 Å². The smallest absolute Gasteiger partial charge is 0.307 e. The van der Waals surface area contributed by atoms with E-state index < -0.39 is 12.0 Å². The molecule has 0 spiro atoms. The van der Waals surface area contributed by atoms with E-state index in [0.717, 1.165) is 0 Å². The van der Waals surface area contributed by atoms with Gasteiger partial charge in [-0.25, -0.2) is 0 Å². The molecule has 1 heterocycles. The van der Waals surface area contributed by atoms with Crippen LogP contribution in [-0.2, 0) is 14.3 Å². The molecule has 6 nitrogen and oxygen atoms in total. The van der Waals surface area contributed by atoms with Crippen molar-refractivity contribution in [2.75, 3.05) is 26.7 Å². The van der Waals surface area contributed by atoms with E-state index in [1.54, 1.807) is 12.1 Å². The van der Waals surface area contributed by atoms with Crippen LogP contribution in [-0.4, -0.2) is 55.3 Å². The number of nitrogens with zero attached hydrogens (tertiary/aromatic N) is 1. The van der Waals surface area contributed by atoms with E-state index in [1.807, 2.05) is 23.1 Å². The fourth-order valence-electron chi connectivity index (χ4n) is 2.51. The van der Waals surface area contributed by atoms with E-state index in [2.05, 4.69) is 10.1 Å². The summed E-state index contributed by atoms with van der Waals surface area (Å²) in [6, 6.07) is 8.49. The van der Waals surface area contributed by atoms with Gasteiger partial charge >= 0.3 is 5.97 Å². The molecule has 1 atom stereocenters. The van der Waals surface area contributed by atoms with Crippen LogP contribution in [0, 0.1) is 0 Å². The van der Waals surface area contributed by atoms with Crippen molar-refractivity contribution in [2.24, 2.45) is 0 Å². The number of benzene rings is 1. The van der Waals surface area contributed by atoms with Crippen molar-refractivity contribution >= 4 is 17.7 Å². The summed E-state index contributed by atoms with van der Waals surface area (Å²) in [5.41, 5.74) is 0.661. The Morgan fingerprint density at radius 1 is 1.32 bits per heavy atom. The highest BCUT2D eigenvalue weighted by molar-refractivity contribution is 5.96. The Hall–Kier alpha value is -2.21. The molecular weight excluding hydrogens is 284 g/mol. The van der Waals surface area contributed by atoms with Crippen LogP contribution in [0.15, 0.2) is 30.3 Å². The van der Waals surface area contributed by atoms with Crippen LogP contribution in [0.3, 0.4) is 0 Å². The molecular formula is C16H20N2O4. The summed E-state index contributed by atoms with van der Waals surface area (Å²) in [6.07, 6.45) is 0.316. The minimum atomic E-state index is -0.565. The second-order valence-electron chi connectivity index (χ2n) is 5.16. The van der Waals surface area contributed by atoms with Crippen LogP contribution in [0.25, 0.3) is 0 Å². The summed E-state index contributed by atoms with van der Waals surface area (Å²) in [5.74, 6) is -0.589. The minimum absolute atomic E-state index is 0.00185. The predicted octanol–water partition coefficient (Wildman–Crippen LogP) is 0.623. The molecule has 0 aliphatic carbocycles. The number of methoxy groups -OCH3 is 1. The van der Waals surface area contributed by atoms with Crippen LogP contribution >= 0.6 is 0 Å². The van der Waals surface area contributed by atoms with Crippen LogP contribution < -0.4 is 5.32 Å². The van der Waals surface area contributed by atoms with Crippen molar-refractivity contribution in [3.05, 3.63) is 35.9 Å². The summed E-state index contributed by atoms with van der Waals surface area (Å²) in [6.45, 7) is 1.59. The van der Waals surface area contributed by atoms with Gasteiger partial charge in [-0.1, -0.05) is 30.3 Å². The summed E-state index contributed by atoms with van der Waals surface area (Å²) in [7, 11) is 1.30. The number of nitrogens with one attached hydrogen (secondary N) is 1. The number of esters is 1. The first-order valence-electron chi connectivity index (χ1n) is 7.28. The Labute approximate surface area is 129 Å². The molecule has 0 radical (unpaired) electrons. The van der Waals surface area contributed by atoms with Gasteiger partial charge in [0.25, 0.3) is 0 Å². The van der Waals surface area contributed by atoms with Crippen molar-refractivity contribution in [1.82, 2.24) is 10.2 Å². The standard InChI is InChI=1S/C16H20N2O4/c1-22-15(20)11-13-16(21)17-8-10-18(13)9-7-14(19)12-5-3-2-4-6-12/h2-6,13H,7-11H2,1H3,(H,17,21)/t13-/m1/s1. The molecule has 6 heteroatoms. The third-order valence-electron chi connectivity index (χ3n) is 3.75. The summed E-state index contributed by atoms with van der Waals surface area (Å²) in [5, 5.41) is 2.74. The topological polar surface area (TPSA) is 75.7 Å². The number of Topliss-reactive ketones (excluding diaryl/α,β-unsaturated/α-hetero) is 1. The number of hydrogen-bond donors (Lipinski definition) is 1. The van der Waals surface area contributed by atoms with Gasteiger partial charge in [0.2, 0.25) is 5.91 Å². The number of carbonyl (C=O) groups excluding carboxylic acids is 3. The van der Waals surface area contributed by atoms with Crippen molar-refractivity contribution in [1.29, 1.82) is 0 Å². The molecule has 0 bridgehead atoms. The van der Waals surface area contributed by atoms with Crippen molar-refractivity contribution < 1.29 is 19.1 Å². The second kappa shape index (κ2) is 7.70. The Balaban J connectivity index is 1.95. The quantitative estimate of drug-likeness (QED) is 0.616. The number of ketones is 1. The minimum Gasteiger partial charge on any atom is -0.469 e. The fourth-order valence-corrected chi connectivity index (χ4v) is 2.51. The summed E-state index contributed by atoms with van der Waals surface area (Å²) < 4.78 is 4.63. The molecule has 1 saturated heterocycles. The average Bonchev–Trinajstić information content (AvgIpc) is 2.55. The third-order valence-corrected chi connectivity index (χ3v) is 3.75. The van der Waals surface area contributed by atoms with E-state index in [4.69, 9.17) is 0 Å². The first kappa shape index (κ1) is 16.2. The Kier molecular flexibility index (Phi) is 5.66. The lowest BCUT2D eigenvalue weighted by Crippen LogP contribution is -2.56. The number of piperazine rings is 1. The molecule has 0 saturated carbocycles. The average molecular weight is 304 g/mol. The highest BCUT2D eigenvalue weighted by atomic mass is 16.5. The number of amides is 1. The van der Waals surface area contributed by atoms with E-state index in [1.165, 1.54) is 7.11 Å². The summed E-state index contributed by atoms with van der Waals surface area (Å²) in [4.78, 5) is 37.4. The molecule has 1 N–H and O–H groups in total. The number of rotatable bonds is 6. The first-order chi connectivity index (χ1) is 10.6. The lowest BCUT2D eigenvalue weighted by molar-refractivity contribution is -0.145. The molecule has 1 aromatic rings. The van der Waals surface area contributed by atoms with Crippen molar-refractivity contribution in [2.45, 2.75) is 18.9 Å². The van der Waals surface area contributed by atoms with E-state index in [0.29, 0.717) is 31.6 Å². The number of ether oxygens (including phenoxy) is 1. The van der Waals surface area contributed by atoms with Crippen LogP contribution in [0.4, 0.5) is 0 Å². The number of hydrogen-bond acceptors (Lipinski definition) is 5. The largest absolute Gasteiger partial charge is 0.469 e. The molecule has 0 aromatic heterocycles. The number of carbonyl (C=O) groups is 3. The molecule has 1 aromatic carbocycles. The van der Waals surface area contributed by atoms with Gasteiger partial charge in [0.15, 0.2) is 5.78 Å². The Morgan fingerprint density at radius 3 is 2.73 bits per heavy atom. The van der Waals surface area contributed by atoms with Gasteiger partial charge < -0.3 is 10.1 Å². The highest BCUT2D eigenvalue weighted by Gasteiger charge is 2.31. The molecule has 22 heavy (non-hydrogen) atoms. The maximum absolute atomic E-state index is 12.1. The monoisotopic (exact) mass is 304 g/mol. The second-order valence-corrected chi connectivity index (χ2v) is 5.16. The Bertz CT molecular complexity index is 544. The molecule has 0 unspecified atom stereocenters. The fraction of sp³-hybridized carbons (Fsp3) is 0.438. The Morgan fingerprint density at radius 2 is 2.05 bits per heavy atom. The van der Waals surface area contributed by atoms with Gasteiger partial charge in [-0.05, 0) is 0 Å². The molecule has 2 rings (SSSR count). The van der Waals surface area contributed by atoms with E-state index in [-0.39, 0.29) is 18.1 Å². The molecule has 1 aliphatic heterocycles. The van der Waals surface area contributed by atoms with Crippen LogP contribution in [0.1, 0.15) is 23.2 Å². The third kappa shape index (κ3) is 4.14. The lowest BCUT2D eigenvalue weighted by Gasteiger charge is -2.34. The van der Waals surface area contributed by atoms with Crippen LogP contribution in [0.5, 0.6) is 0 Å². The predicted molar refractivity (Wildman–Crippen MR) is 80.4 cm³/mol. The highest BCUT2D eigenvalue weighted by Crippen LogP contribution is 2.12. The lowest BCUT2D eigenvalue weighted by atomic mass is 10.1. The molecule has 1 aliphatic rings. The van der Waals surface area contributed by atoms with Crippen LogP contribution in [0.2, 0.25) is 0 Å². The maximum atomic E-state index is 12.1. The zero-order chi connectivity index (χ0) is 15.9. The van der Waals surface area contributed by atoms with Gasteiger partial charge in [0.05, 0.1) is 19.6 Å². The molecule has 118 valence electrons. The van der Waals surface area contributed by atoms with E-state index in [9.17, 15) is 14.4 Å². The first-order valence-corrected chi connectivity index (χ1v) is 7.28. The summed E-state index contributed by atoms with van der Waals surface area (Å²) >= 11 is 0. The maximum Gasteiger partial charge on any atom is 0.307 e. The van der Waals surface area contributed by atoms with Gasteiger partial charge in [0.1, 0.15) is 0 Å². The molecule has 1 amide bonds. The van der Waals surface area contributed by atoms with E-state index >= 15 is 0 Å².